The maximum Gasteiger partial charge on any atom is 0.136 e. The van der Waals surface area contributed by atoms with Crippen LogP contribution in [0.2, 0.25) is 0 Å². The Morgan fingerprint density at radius 2 is 2.07 bits per heavy atom. The highest BCUT2D eigenvalue weighted by atomic mass is 15.2. The molecule has 78 valence electrons. The molecule has 0 atom stereocenters. The van der Waals surface area contributed by atoms with Gasteiger partial charge in [0.15, 0.2) is 0 Å². The molecule has 0 radical (unpaired) electrons. The van der Waals surface area contributed by atoms with Crippen LogP contribution in [0.25, 0.3) is 0 Å². The fourth-order valence-electron chi connectivity index (χ4n) is 1.31. The lowest BCUT2D eigenvalue weighted by Gasteiger charge is -2.16. The molecular weight excluding hydrogens is 176 g/mol. The first kappa shape index (κ1) is 10.8. The summed E-state index contributed by atoms with van der Waals surface area (Å²) in [5.74, 6) is 1.91. The van der Waals surface area contributed by atoms with Gasteiger partial charge in [-0.05, 0) is 13.3 Å². The van der Waals surface area contributed by atoms with E-state index in [-0.39, 0.29) is 0 Å². The summed E-state index contributed by atoms with van der Waals surface area (Å²) in [4.78, 5) is 10.4. The topological polar surface area (TPSA) is 41.1 Å². The standard InChI is InChI=1S/C10H18N4/c1-5-6-11-9-8(2)10(14(3)4)13-7-12-9/h7H,5-6H2,1-4H3,(H,11,12,13). The highest BCUT2D eigenvalue weighted by Gasteiger charge is 2.07. The van der Waals surface area contributed by atoms with Crippen molar-refractivity contribution in [3.8, 4) is 0 Å². The Morgan fingerprint density at radius 3 is 2.64 bits per heavy atom. The van der Waals surface area contributed by atoms with Crippen molar-refractivity contribution < 1.29 is 0 Å². The quantitative estimate of drug-likeness (QED) is 0.791. The second-order valence-corrected chi connectivity index (χ2v) is 3.49. The third-order valence-corrected chi connectivity index (χ3v) is 2.02. The summed E-state index contributed by atoms with van der Waals surface area (Å²) in [7, 11) is 3.97. The van der Waals surface area contributed by atoms with Gasteiger partial charge in [0.2, 0.25) is 0 Å². The van der Waals surface area contributed by atoms with Gasteiger partial charge >= 0.3 is 0 Å². The molecule has 1 aromatic rings. The van der Waals surface area contributed by atoms with Gasteiger partial charge in [0.1, 0.15) is 18.0 Å². The number of hydrogen-bond acceptors (Lipinski definition) is 4. The van der Waals surface area contributed by atoms with Crippen LogP contribution in [-0.2, 0) is 0 Å². The Hall–Kier alpha value is -1.32. The van der Waals surface area contributed by atoms with Crippen molar-refractivity contribution in [1.29, 1.82) is 0 Å². The molecule has 0 bridgehead atoms. The molecule has 0 aliphatic heterocycles. The number of anilines is 2. The van der Waals surface area contributed by atoms with Crippen molar-refractivity contribution >= 4 is 11.6 Å². The average Bonchev–Trinajstić information content (AvgIpc) is 2.16. The van der Waals surface area contributed by atoms with E-state index in [1.54, 1.807) is 6.33 Å². The van der Waals surface area contributed by atoms with Gasteiger partial charge in [-0.15, -0.1) is 0 Å². The van der Waals surface area contributed by atoms with Gasteiger partial charge in [-0.3, -0.25) is 0 Å². The minimum Gasteiger partial charge on any atom is -0.370 e. The third-order valence-electron chi connectivity index (χ3n) is 2.02. The van der Waals surface area contributed by atoms with E-state index in [0.29, 0.717) is 0 Å². The van der Waals surface area contributed by atoms with Crippen molar-refractivity contribution in [3.05, 3.63) is 11.9 Å². The molecular formula is C10H18N4. The summed E-state index contributed by atoms with van der Waals surface area (Å²) in [6, 6.07) is 0. The van der Waals surface area contributed by atoms with Crippen LogP contribution in [0, 0.1) is 6.92 Å². The Bertz CT molecular complexity index is 296. The van der Waals surface area contributed by atoms with Crippen LogP contribution in [0.15, 0.2) is 6.33 Å². The molecule has 0 saturated carbocycles. The Kier molecular flexibility index (Phi) is 3.68. The van der Waals surface area contributed by atoms with Crippen LogP contribution in [0.5, 0.6) is 0 Å². The molecule has 14 heavy (non-hydrogen) atoms. The van der Waals surface area contributed by atoms with Gasteiger partial charge in [-0.2, -0.15) is 0 Å². The Balaban J connectivity index is 2.89. The SMILES string of the molecule is CCCNc1ncnc(N(C)C)c1C. The zero-order valence-corrected chi connectivity index (χ0v) is 9.33. The molecule has 1 N–H and O–H groups in total. The molecule has 0 unspecified atom stereocenters. The van der Waals surface area contributed by atoms with Crippen LogP contribution in [0.1, 0.15) is 18.9 Å². The molecule has 0 aliphatic carbocycles. The first-order valence-corrected chi connectivity index (χ1v) is 4.89. The predicted molar refractivity (Wildman–Crippen MR) is 59.9 cm³/mol. The summed E-state index contributed by atoms with van der Waals surface area (Å²) in [5.41, 5.74) is 1.10. The zero-order valence-electron chi connectivity index (χ0n) is 9.33. The Labute approximate surface area is 85.4 Å². The van der Waals surface area contributed by atoms with E-state index in [2.05, 4.69) is 22.2 Å². The lowest BCUT2D eigenvalue weighted by atomic mass is 10.3. The minimum absolute atomic E-state index is 0.936. The fraction of sp³-hybridized carbons (Fsp3) is 0.600. The van der Waals surface area contributed by atoms with Crippen LogP contribution in [0.3, 0.4) is 0 Å². The highest BCUT2D eigenvalue weighted by Crippen LogP contribution is 2.19. The number of hydrogen-bond donors (Lipinski definition) is 1. The molecule has 1 aromatic heterocycles. The van der Waals surface area contributed by atoms with E-state index in [4.69, 9.17) is 0 Å². The normalized spacial score (nSPS) is 10.0. The fourth-order valence-corrected chi connectivity index (χ4v) is 1.31. The van der Waals surface area contributed by atoms with Crippen LogP contribution >= 0.6 is 0 Å². The van der Waals surface area contributed by atoms with Gasteiger partial charge in [-0.1, -0.05) is 6.92 Å². The molecule has 4 nitrogen and oxygen atoms in total. The van der Waals surface area contributed by atoms with Crippen molar-refractivity contribution in [1.82, 2.24) is 9.97 Å². The second-order valence-electron chi connectivity index (χ2n) is 3.49. The van der Waals surface area contributed by atoms with Crippen molar-refractivity contribution in [3.63, 3.8) is 0 Å². The molecule has 4 heteroatoms. The van der Waals surface area contributed by atoms with Gasteiger partial charge in [0.05, 0.1) is 0 Å². The number of nitrogens with one attached hydrogen (secondary N) is 1. The molecule has 0 aliphatic rings. The van der Waals surface area contributed by atoms with E-state index < -0.39 is 0 Å². The second kappa shape index (κ2) is 4.79. The van der Waals surface area contributed by atoms with Crippen molar-refractivity contribution in [2.24, 2.45) is 0 Å². The highest BCUT2D eigenvalue weighted by molar-refractivity contribution is 5.57. The maximum atomic E-state index is 4.22. The first-order chi connectivity index (χ1) is 6.66. The van der Waals surface area contributed by atoms with E-state index in [1.807, 2.05) is 25.9 Å². The molecule has 1 rings (SSSR count). The monoisotopic (exact) mass is 194 g/mol. The summed E-state index contributed by atoms with van der Waals surface area (Å²) in [6.45, 7) is 5.12. The summed E-state index contributed by atoms with van der Waals surface area (Å²) >= 11 is 0. The van der Waals surface area contributed by atoms with Gasteiger partial charge < -0.3 is 10.2 Å². The van der Waals surface area contributed by atoms with E-state index in [9.17, 15) is 0 Å². The van der Waals surface area contributed by atoms with Gasteiger partial charge in [-0.25, -0.2) is 9.97 Å². The first-order valence-electron chi connectivity index (χ1n) is 4.89. The lowest BCUT2D eigenvalue weighted by molar-refractivity contribution is 0.950. The summed E-state index contributed by atoms with van der Waals surface area (Å²) < 4.78 is 0. The van der Waals surface area contributed by atoms with Crippen molar-refractivity contribution in [2.45, 2.75) is 20.3 Å². The third kappa shape index (κ3) is 2.34. The predicted octanol–water partition coefficient (Wildman–Crippen LogP) is 1.67. The largest absolute Gasteiger partial charge is 0.370 e. The van der Waals surface area contributed by atoms with Crippen LogP contribution < -0.4 is 10.2 Å². The smallest absolute Gasteiger partial charge is 0.136 e. The van der Waals surface area contributed by atoms with E-state index in [0.717, 1.165) is 30.2 Å². The molecule has 0 spiro atoms. The number of rotatable bonds is 4. The lowest BCUT2D eigenvalue weighted by Crippen LogP contribution is -2.14. The average molecular weight is 194 g/mol. The Morgan fingerprint density at radius 1 is 1.36 bits per heavy atom. The van der Waals surface area contributed by atoms with Gasteiger partial charge in [0, 0.05) is 26.2 Å². The van der Waals surface area contributed by atoms with Crippen LogP contribution in [0.4, 0.5) is 11.6 Å². The van der Waals surface area contributed by atoms with Crippen LogP contribution in [-0.4, -0.2) is 30.6 Å². The van der Waals surface area contributed by atoms with E-state index >= 15 is 0 Å². The van der Waals surface area contributed by atoms with Gasteiger partial charge in [0.25, 0.3) is 0 Å². The number of nitrogens with zero attached hydrogens (tertiary/aromatic N) is 3. The molecule has 1 heterocycles. The van der Waals surface area contributed by atoms with E-state index in [1.165, 1.54) is 0 Å². The molecule has 0 aromatic carbocycles. The molecule has 0 saturated heterocycles. The molecule has 0 fully saturated rings. The minimum atomic E-state index is 0.936. The number of aromatic nitrogens is 2. The van der Waals surface area contributed by atoms with Crippen molar-refractivity contribution in [2.75, 3.05) is 30.9 Å². The summed E-state index contributed by atoms with van der Waals surface area (Å²) in [6.07, 6.45) is 2.70. The zero-order chi connectivity index (χ0) is 10.6. The molecule has 0 amide bonds. The summed E-state index contributed by atoms with van der Waals surface area (Å²) in [5, 5.41) is 3.28. The maximum absolute atomic E-state index is 4.22.